The number of carbonyl (C=O) groups excluding carboxylic acids is 3. The van der Waals surface area contributed by atoms with Crippen molar-refractivity contribution in [2.75, 3.05) is 25.0 Å². The molecule has 3 rings (SSSR count). The lowest BCUT2D eigenvalue weighted by atomic mass is 9.95. The van der Waals surface area contributed by atoms with Crippen molar-refractivity contribution in [2.45, 2.75) is 26.7 Å². The van der Waals surface area contributed by atoms with E-state index in [1.807, 2.05) is 0 Å². The average molecular weight is 442 g/mol. The highest BCUT2D eigenvalue weighted by atomic mass is 35.5. The van der Waals surface area contributed by atoms with Crippen LogP contribution in [0.25, 0.3) is 0 Å². The number of hydrogen-bond donors (Lipinski definition) is 2. The largest absolute Gasteiger partial charge is 0.356 e. The van der Waals surface area contributed by atoms with E-state index in [1.165, 1.54) is 0 Å². The first kappa shape index (κ1) is 22.8. The molecule has 2 N–H and O–H groups in total. The molecule has 0 spiro atoms. The lowest BCUT2D eigenvalue weighted by Crippen LogP contribution is -2.43. The fourth-order valence-corrected chi connectivity index (χ4v) is 3.60. The number of piperidine rings is 1. The van der Waals surface area contributed by atoms with Crippen molar-refractivity contribution in [1.29, 1.82) is 0 Å². The summed E-state index contributed by atoms with van der Waals surface area (Å²) in [6.07, 6.45) is 1.34. The van der Waals surface area contributed by atoms with Crippen LogP contribution in [-0.2, 0) is 4.79 Å². The third-order valence-corrected chi connectivity index (χ3v) is 5.59. The van der Waals surface area contributed by atoms with Crippen molar-refractivity contribution in [1.82, 2.24) is 10.2 Å². The Bertz CT molecular complexity index is 918. The van der Waals surface area contributed by atoms with Crippen LogP contribution in [0.2, 0.25) is 5.02 Å². The molecule has 2 aromatic rings. The minimum Gasteiger partial charge on any atom is -0.356 e. The van der Waals surface area contributed by atoms with E-state index in [-0.39, 0.29) is 23.6 Å². The van der Waals surface area contributed by atoms with Gasteiger partial charge in [0.1, 0.15) is 0 Å². The number of benzene rings is 2. The molecule has 1 heterocycles. The van der Waals surface area contributed by atoms with Crippen LogP contribution in [0.15, 0.2) is 48.5 Å². The summed E-state index contributed by atoms with van der Waals surface area (Å²) >= 11 is 5.85. The van der Waals surface area contributed by atoms with Gasteiger partial charge >= 0.3 is 0 Å². The third-order valence-electron chi connectivity index (χ3n) is 5.33. The zero-order valence-electron chi connectivity index (χ0n) is 17.9. The Hall–Kier alpha value is -2.86. The van der Waals surface area contributed by atoms with Gasteiger partial charge in [-0.25, -0.2) is 0 Å². The Morgan fingerprint density at radius 1 is 0.968 bits per heavy atom. The number of hydrogen-bond acceptors (Lipinski definition) is 3. The number of anilines is 1. The molecule has 0 atom stereocenters. The van der Waals surface area contributed by atoms with Crippen LogP contribution in [-0.4, -0.2) is 42.3 Å². The van der Waals surface area contributed by atoms with Crippen molar-refractivity contribution in [3.63, 3.8) is 0 Å². The maximum absolute atomic E-state index is 12.8. The summed E-state index contributed by atoms with van der Waals surface area (Å²) in [5.41, 5.74) is 1.68. The van der Waals surface area contributed by atoms with Gasteiger partial charge in [0.25, 0.3) is 11.8 Å². The molecule has 7 heteroatoms. The number of rotatable bonds is 6. The Balaban J connectivity index is 1.52. The lowest BCUT2D eigenvalue weighted by Gasteiger charge is -2.31. The minimum absolute atomic E-state index is 0.0340. The third kappa shape index (κ3) is 6.31. The van der Waals surface area contributed by atoms with Crippen LogP contribution in [0.1, 0.15) is 47.4 Å². The monoisotopic (exact) mass is 441 g/mol. The first-order chi connectivity index (χ1) is 14.8. The van der Waals surface area contributed by atoms with Crippen molar-refractivity contribution in [3.05, 3.63) is 64.7 Å². The van der Waals surface area contributed by atoms with Gasteiger partial charge < -0.3 is 15.5 Å². The van der Waals surface area contributed by atoms with Gasteiger partial charge in [-0.05, 0) is 67.3 Å². The molecular weight excluding hydrogens is 414 g/mol. The number of nitrogens with zero attached hydrogens (tertiary/aromatic N) is 1. The van der Waals surface area contributed by atoms with Crippen LogP contribution in [0, 0.1) is 11.8 Å². The van der Waals surface area contributed by atoms with Gasteiger partial charge in [-0.2, -0.15) is 0 Å². The van der Waals surface area contributed by atoms with E-state index in [0.717, 1.165) is 0 Å². The van der Waals surface area contributed by atoms with Crippen LogP contribution in [0.5, 0.6) is 0 Å². The number of nitrogens with one attached hydrogen (secondary N) is 2. The number of amides is 3. The van der Waals surface area contributed by atoms with Gasteiger partial charge in [-0.1, -0.05) is 25.4 Å². The molecule has 1 saturated heterocycles. The maximum atomic E-state index is 12.8. The zero-order valence-corrected chi connectivity index (χ0v) is 18.6. The average Bonchev–Trinajstić information content (AvgIpc) is 2.78. The van der Waals surface area contributed by atoms with Gasteiger partial charge in [0.15, 0.2) is 0 Å². The maximum Gasteiger partial charge on any atom is 0.255 e. The summed E-state index contributed by atoms with van der Waals surface area (Å²) in [7, 11) is 0. The summed E-state index contributed by atoms with van der Waals surface area (Å²) in [5, 5.41) is 6.36. The molecule has 164 valence electrons. The Morgan fingerprint density at radius 2 is 1.55 bits per heavy atom. The first-order valence-electron chi connectivity index (χ1n) is 10.6. The summed E-state index contributed by atoms with van der Waals surface area (Å²) < 4.78 is 0. The minimum atomic E-state index is -0.242. The smallest absolute Gasteiger partial charge is 0.255 e. The molecule has 0 aliphatic carbocycles. The second kappa shape index (κ2) is 10.4. The second-order valence-electron chi connectivity index (χ2n) is 8.24. The molecule has 2 aromatic carbocycles. The van der Waals surface area contributed by atoms with E-state index in [1.54, 1.807) is 53.4 Å². The molecule has 0 aromatic heterocycles. The number of likely N-dealkylation sites (tertiary alicyclic amines) is 1. The van der Waals surface area contributed by atoms with Crippen LogP contribution in [0.4, 0.5) is 5.69 Å². The normalized spacial score (nSPS) is 14.4. The van der Waals surface area contributed by atoms with Crippen molar-refractivity contribution >= 4 is 35.0 Å². The van der Waals surface area contributed by atoms with Gasteiger partial charge in [0.05, 0.1) is 0 Å². The molecule has 31 heavy (non-hydrogen) atoms. The molecule has 0 unspecified atom stereocenters. The van der Waals surface area contributed by atoms with Gasteiger partial charge in [0.2, 0.25) is 5.91 Å². The van der Waals surface area contributed by atoms with E-state index in [9.17, 15) is 14.4 Å². The van der Waals surface area contributed by atoms with E-state index in [0.29, 0.717) is 60.2 Å². The highest BCUT2D eigenvalue weighted by molar-refractivity contribution is 6.30. The van der Waals surface area contributed by atoms with E-state index in [4.69, 9.17) is 11.6 Å². The fourth-order valence-electron chi connectivity index (χ4n) is 3.48. The fraction of sp³-hybridized carbons (Fsp3) is 0.375. The molecule has 1 aliphatic heterocycles. The predicted molar refractivity (Wildman–Crippen MR) is 122 cm³/mol. The standard InChI is InChI=1S/C24H28ClN3O3/c1-16(2)15-26-22(29)18-11-13-28(14-12-18)24(31)19-5-9-21(10-6-19)27-23(30)17-3-7-20(25)8-4-17/h3-10,16,18H,11-15H2,1-2H3,(H,26,29)(H,27,30). The molecule has 0 saturated carbocycles. The molecule has 1 fully saturated rings. The lowest BCUT2D eigenvalue weighted by molar-refractivity contribution is -0.126. The Morgan fingerprint density at radius 3 is 2.13 bits per heavy atom. The number of halogens is 1. The van der Waals surface area contributed by atoms with Crippen molar-refractivity contribution in [3.8, 4) is 0 Å². The Labute approximate surface area is 188 Å². The van der Waals surface area contributed by atoms with Gasteiger partial charge in [-0.15, -0.1) is 0 Å². The SMILES string of the molecule is CC(C)CNC(=O)C1CCN(C(=O)c2ccc(NC(=O)c3ccc(Cl)cc3)cc2)CC1. The highest BCUT2D eigenvalue weighted by Crippen LogP contribution is 2.20. The molecule has 3 amide bonds. The van der Waals surface area contributed by atoms with Crippen molar-refractivity contribution in [2.24, 2.45) is 11.8 Å². The van der Waals surface area contributed by atoms with E-state index in [2.05, 4.69) is 24.5 Å². The van der Waals surface area contributed by atoms with Crippen LogP contribution in [0.3, 0.4) is 0 Å². The molecule has 0 bridgehead atoms. The summed E-state index contributed by atoms with van der Waals surface area (Å²) in [6.45, 7) is 5.94. The molecule has 0 radical (unpaired) electrons. The quantitative estimate of drug-likeness (QED) is 0.704. The second-order valence-corrected chi connectivity index (χ2v) is 8.68. The van der Waals surface area contributed by atoms with Crippen molar-refractivity contribution < 1.29 is 14.4 Å². The van der Waals surface area contributed by atoms with Gasteiger partial charge in [-0.3, -0.25) is 14.4 Å². The summed E-state index contributed by atoms with van der Waals surface area (Å²) in [5.74, 6) is 0.171. The van der Waals surface area contributed by atoms with Crippen LogP contribution < -0.4 is 10.6 Å². The number of carbonyl (C=O) groups is 3. The predicted octanol–water partition coefficient (Wildman–Crippen LogP) is 4.22. The summed E-state index contributed by atoms with van der Waals surface area (Å²) in [6, 6.07) is 13.5. The Kier molecular flexibility index (Phi) is 7.69. The van der Waals surface area contributed by atoms with E-state index >= 15 is 0 Å². The summed E-state index contributed by atoms with van der Waals surface area (Å²) in [4.78, 5) is 39.1. The topological polar surface area (TPSA) is 78.5 Å². The zero-order chi connectivity index (χ0) is 22.4. The molecule has 1 aliphatic rings. The first-order valence-corrected chi connectivity index (χ1v) is 10.9. The van der Waals surface area contributed by atoms with E-state index < -0.39 is 0 Å². The molecule has 6 nitrogen and oxygen atoms in total. The highest BCUT2D eigenvalue weighted by Gasteiger charge is 2.27. The molecular formula is C24H28ClN3O3. The van der Waals surface area contributed by atoms with Crippen LogP contribution >= 0.6 is 11.6 Å². The van der Waals surface area contributed by atoms with Gasteiger partial charge in [0, 0.05) is 47.4 Å².